The molecule has 1 saturated heterocycles. The Kier molecular flexibility index (Phi) is 5.36. The van der Waals surface area contributed by atoms with E-state index in [9.17, 15) is 13.2 Å². The molecular weight excluding hydrogens is 288 g/mol. The molecule has 1 aliphatic heterocycles. The molecule has 0 saturated carbocycles. The molecule has 1 heterocycles. The number of likely N-dealkylation sites (tertiary alicyclic amines) is 1. The highest BCUT2D eigenvalue weighted by Crippen LogP contribution is 2.09. The smallest absolute Gasteiger partial charge is 0.240 e. The average molecular weight is 310 g/mol. The zero-order valence-electron chi connectivity index (χ0n) is 12.3. The van der Waals surface area contributed by atoms with Gasteiger partial charge >= 0.3 is 0 Å². The van der Waals surface area contributed by atoms with Crippen LogP contribution < -0.4 is 4.72 Å². The van der Waals surface area contributed by atoms with Crippen LogP contribution in [0.5, 0.6) is 0 Å². The molecule has 0 bridgehead atoms. The lowest BCUT2D eigenvalue weighted by molar-refractivity contribution is -0.131. The molecule has 1 aliphatic rings. The highest BCUT2D eigenvalue weighted by molar-refractivity contribution is 7.89. The maximum Gasteiger partial charge on any atom is 0.240 e. The fraction of sp³-hybridized carbons (Fsp3) is 0.533. The molecule has 0 radical (unpaired) electrons. The molecule has 5 nitrogen and oxygen atoms in total. The van der Waals surface area contributed by atoms with Gasteiger partial charge in [0.1, 0.15) is 0 Å². The largest absolute Gasteiger partial charge is 0.341 e. The zero-order chi connectivity index (χ0) is 15.3. The average Bonchev–Trinajstić information content (AvgIpc) is 2.99. The van der Waals surface area contributed by atoms with E-state index in [4.69, 9.17) is 0 Å². The van der Waals surface area contributed by atoms with Gasteiger partial charge in [0.25, 0.3) is 0 Å². The van der Waals surface area contributed by atoms with Crippen LogP contribution in [-0.4, -0.2) is 44.1 Å². The summed E-state index contributed by atoms with van der Waals surface area (Å²) in [6.07, 6.45) is 2.44. The Morgan fingerprint density at radius 1 is 1.24 bits per heavy atom. The molecule has 2 rings (SSSR count). The second-order valence-electron chi connectivity index (χ2n) is 5.43. The molecule has 1 N–H and O–H groups in total. The predicted octanol–water partition coefficient (Wildman–Crippen LogP) is 1.16. The van der Waals surface area contributed by atoms with Gasteiger partial charge in [-0.1, -0.05) is 30.3 Å². The topological polar surface area (TPSA) is 66.5 Å². The van der Waals surface area contributed by atoms with Crippen molar-refractivity contribution < 1.29 is 13.2 Å². The van der Waals surface area contributed by atoms with E-state index in [0.29, 0.717) is 6.42 Å². The van der Waals surface area contributed by atoms with Gasteiger partial charge in [-0.25, -0.2) is 13.1 Å². The lowest BCUT2D eigenvalue weighted by Gasteiger charge is -2.21. The normalized spacial score (nSPS) is 16.9. The third kappa shape index (κ3) is 4.82. The fourth-order valence-corrected chi connectivity index (χ4v) is 3.75. The summed E-state index contributed by atoms with van der Waals surface area (Å²) in [5, 5.41) is 0. The molecule has 21 heavy (non-hydrogen) atoms. The minimum Gasteiger partial charge on any atom is -0.341 e. The number of carbonyl (C=O) groups excluding carboxylic acids is 1. The molecule has 0 spiro atoms. The van der Waals surface area contributed by atoms with Gasteiger partial charge in [0.2, 0.25) is 15.9 Å². The molecular formula is C15H22N2O3S. The molecule has 1 atom stereocenters. The van der Waals surface area contributed by atoms with Crippen LogP contribution >= 0.6 is 0 Å². The Hall–Kier alpha value is -1.40. The molecule has 116 valence electrons. The van der Waals surface area contributed by atoms with Gasteiger partial charge in [0.05, 0.1) is 11.8 Å². The van der Waals surface area contributed by atoms with Crippen molar-refractivity contribution in [2.45, 2.75) is 32.2 Å². The summed E-state index contributed by atoms with van der Waals surface area (Å²) >= 11 is 0. The summed E-state index contributed by atoms with van der Waals surface area (Å²) in [4.78, 5) is 13.8. The van der Waals surface area contributed by atoms with Gasteiger partial charge < -0.3 is 4.90 Å². The van der Waals surface area contributed by atoms with Crippen LogP contribution in [-0.2, 0) is 21.2 Å². The van der Waals surface area contributed by atoms with Crippen molar-refractivity contribution in [2.75, 3.05) is 18.8 Å². The molecule has 0 aromatic heterocycles. The van der Waals surface area contributed by atoms with Gasteiger partial charge in [-0.3, -0.25) is 4.79 Å². The van der Waals surface area contributed by atoms with E-state index in [1.165, 1.54) is 0 Å². The Balaban J connectivity index is 1.86. The lowest BCUT2D eigenvalue weighted by atomic mass is 10.2. The maximum absolute atomic E-state index is 12.1. The summed E-state index contributed by atoms with van der Waals surface area (Å²) in [7, 11) is -3.45. The standard InChI is InChI=1S/C15H22N2O3S/c1-13(15(18)17-10-5-6-11-17)16-21(19,20)12-9-14-7-3-2-4-8-14/h2-4,7-8,13,16H,5-6,9-12H2,1H3/t13-/m0/s1. The molecule has 1 aromatic carbocycles. The van der Waals surface area contributed by atoms with Crippen LogP contribution in [0.1, 0.15) is 25.3 Å². The first kappa shape index (κ1) is 16.0. The summed E-state index contributed by atoms with van der Waals surface area (Å²) in [5.74, 6) is -0.134. The summed E-state index contributed by atoms with van der Waals surface area (Å²) in [6, 6.07) is 8.77. The molecule has 6 heteroatoms. The van der Waals surface area contributed by atoms with Crippen LogP contribution in [0.25, 0.3) is 0 Å². The number of carbonyl (C=O) groups is 1. The van der Waals surface area contributed by atoms with E-state index in [1.54, 1.807) is 11.8 Å². The predicted molar refractivity (Wildman–Crippen MR) is 82.3 cm³/mol. The lowest BCUT2D eigenvalue weighted by Crippen LogP contribution is -2.46. The third-order valence-electron chi connectivity index (χ3n) is 3.65. The number of nitrogens with zero attached hydrogens (tertiary/aromatic N) is 1. The maximum atomic E-state index is 12.1. The van der Waals surface area contributed by atoms with E-state index in [-0.39, 0.29) is 11.7 Å². The monoisotopic (exact) mass is 310 g/mol. The number of nitrogens with one attached hydrogen (secondary N) is 1. The number of benzene rings is 1. The van der Waals surface area contributed by atoms with Gasteiger partial charge in [-0.15, -0.1) is 0 Å². The highest BCUT2D eigenvalue weighted by atomic mass is 32.2. The van der Waals surface area contributed by atoms with E-state index in [0.717, 1.165) is 31.5 Å². The van der Waals surface area contributed by atoms with Crippen molar-refractivity contribution in [3.8, 4) is 0 Å². The Morgan fingerprint density at radius 3 is 2.48 bits per heavy atom. The molecule has 1 fully saturated rings. The van der Waals surface area contributed by atoms with Gasteiger partial charge in [-0.05, 0) is 31.7 Å². The van der Waals surface area contributed by atoms with E-state index >= 15 is 0 Å². The number of sulfonamides is 1. The van der Waals surface area contributed by atoms with Gasteiger partial charge in [0.15, 0.2) is 0 Å². The minimum absolute atomic E-state index is 0.00532. The summed E-state index contributed by atoms with van der Waals surface area (Å²) in [5.41, 5.74) is 0.974. The summed E-state index contributed by atoms with van der Waals surface area (Å²) < 4.78 is 26.6. The highest BCUT2D eigenvalue weighted by Gasteiger charge is 2.26. The Bertz CT molecular complexity index is 566. The second-order valence-corrected chi connectivity index (χ2v) is 7.30. The number of hydrogen-bond acceptors (Lipinski definition) is 3. The first-order chi connectivity index (χ1) is 9.98. The molecule has 0 aliphatic carbocycles. The Morgan fingerprint density at radius 2 is 1.86 bits per heavy atom. The van der Waals surface area contributed by atoms with Crippen molar-refractivity contribution >= 4 is 15.9 Å². The molecule has 1 amide bonds. The van der Waals surface area contributed by atoms with Crippen molar-refractivity contribution in [3.63, 3.8) is 0 Å². The zero-order valence-corrected chi connectivity index (χ0v) is 13.1. The van der Waals surface area contributed by atoms with E-state index < -0.39 is 16.1 Å². The van der Waals surface area contributed by atoms with Gasteiger partial charge in [-0.2, -0.15) is 0 Å². The first-order valence-corrected chi connectivity index (χ1v) is 8.96. The van der Waals surface area contributed by atoms with Crippen molar-refractivity contribution in [2.24, 2.45) is 0 Å². The minimum atomic E-state index is -3.45. The second kappa shape index (κ2) is 7.04. The third-order valence-corrected chi connectivity index (χ3v) is 5.10. The van der Waals surface area contributed by atoms with Crippen LogP contribution in [0.3, 0.4) is 0 Å². The van der Waals surface area contributed by atoms with Crippen LogP contribution in [0.15, 0.2) is 30.3 Å². The van der Waals surface area contributed by atoms with E-state index in [1.807, 2.05) is 30.3 Å². The number of aryl methyl sites for hydroxylation is 1. The van der Waals surface area contributed by atoms with Crippen LogP contribution in [0.2, 0.25) is 0 Å². The quantitative estimate of drug-likeness (QED) is 0.857. The van der Waals surface area contributed by atoms with Crippen molar-refractivity contribution in [3.05, 3.63) is 35.9 Å². The number of hydrogen-bond donors (Lipinski definition) is 1. The van der Waals surface area contributed by atoms with Crippen molar-refractivity contribution in [1.82, 2.24) is 9.62 Å². The molecule has 0 unspecified atom stereocenters. The summed E-state index contributed by atoms with van der Waals surface area (Å²) in [6.45, 7) is 3.07. The van der Waals surface area contributed by atoms with Crippen molar-refractivity contribution in [1.29, 1.82) is 0 Å². The van der Waals surface area contributed by atoms with Crippen LogP contribution in [0.4, 0.5) is 0 Å². The van der Waals surface area contributed by atoms with Crippen LogP contribution in [0, 0.1) is 0 Å². The van der Waals surface area contributed by atoms with Gasteiger partial charge in [0, 0.05) is 13.1 Å². The SMILES string of the molecule is C[C@H](NS(=O)(=O)CCc1ccccc1)C(=O)N1CCCC1. The first-order valence-electron chi connectivity index (χ1n) is 7.31. The molecule has 1 aromatic rings. The Labute approximate surface area is 126 Å². The number of amides is 1. The van der Waals surface area contributed by atoms with E-state index in [2.05, 4.69) is 4.72 Å². The number of rotatable bonds is 6. The fourth-order valence-electron chi connectivity index (χ4n) is 2.49.